The molecule has 1 N–H and O–H groups in total. The minimum atomic E-state index is -1.19. The van der Waals surface area contributed by atoms with Crippen LogP contribution in [0.15, 0.2) is 35.2 Å². The van der Waals surface area contributed by atoms with Crippen molar-refractivity contribution >= 4 is 26.2 Å². The number of benzene rings is 1. The van der Waals surface area contributed by atoms with E-state index in [4.69, 9.17) is 0 Å². The topological polar surface area (TPSA) is 54.4 Å². The second-order valence-electron chi connectivity index (χ2n) is 6.17. The van der Waals surface area contributed by atoms with Gasteiger partial charge < -0.3 is 5.11 Å². The molecule has 0 aliphatic heterocycles. The summed E-state index contributed by atoms with van der Waals surface area (Å²) in [6.45, 7) is 1.63. The van der Waals surface area contributed by atoms with Crippen LogP contribution in [-0.4, -0.2) is 22.0 Å². The predicted octanol–water partition coefficient (Wildman–Crippen LogP) is 5.11. The lowest BCUT2D eigenvalue weighted by Crippen LogP contribution is -2.43. The van der Waals surface area contributed by atoms with Crippen molar-refractivity contribution < 1.29 is 14.5 Å². The molecule has 2 rings (SSSR count). The Balaban J connectivity index is 2.17. The molecule has 0 amide bonds. The summed E-state index contributed by atoms with van der Waals surface area (Å²) in [5.74, 6) is 0.0304. The molecule has 22 heavy (non-hydrogen) atoms. The lowest BCUT2D eigenvalue weighted by Gasteiger charge is -2.36. The Labute approximate surface area is 138 Å². The van der Waals surface area contributed by atoms with Gasteiger partial charge in [0.25, 0.3) is 0 Å². The fourth-order valence-corrected chi connectivity index (χ4v) is 5.23. The van der Waals surface area contributed by atoms with Crippen LogP contribution in [0.3, 0.4) is 0 Å². The number of thioether (sulfide) groups is 1. The first-order chi connectivity index (χ1) is 10.6. The molecule has 0 radical (unpaired) electrons. The van der Waals surface area contributed by atoms with Crippen LogP contribution < -0.4 is 0 Å². The number of hydrogen-bond donors (Lipinski definition) is 1. The second-order valence-corrected chi connectivity index (χ2v) is 8.38. The van der Waals surface area contributed by atoms with Crippen LogP contribution in [0.25, 0.3) is 0 Å². The van der Waals surface area contributed by atoms with Gasteiger partial charge in [-0.2, -0.15) is 0 Å². The smallest absolute Gasteiger partial charge is 0.321 e. The molecular formula is C17H23O3PS. The lowest BCUT2D eigenvalue weighted by atomic mass is 9.75. The molecule has 0 bridgehead atoms. The number of carboxylic acids is 1. The standard InChI is InChI=1S/C17H23O3PS/c1-17(21-20,16(18)19)15(13-8-4-2-5-9-13)12-22-14-10-6-3-7-11-14/h3,6-7,10-11,13,15H,2,4-5,8-9,12H2,1H3,(H,18,19). The van der Waals surface area contributed by atoms with Gasteiger partial charge in [-0.25, -0.2) is 0 Å². The highest BCUT2D eigenvalue weighted by Crippen LogP contribution is 2.44. The Hall–Kier alpha value is -0.860. The number of aliphatic carboxylic acids is 1. The first kappa shape index (κ1) is 17.5. The van der Waals surface area contributed by atoms with Crippen molar-refractivity contribution in [3.8, 4) is 0 Å². The molecule has 2 unspecified atom stereocenters. The summed E-state index contributed by atoms with van der Waals surface area (Å²) in [7, 11) is -0.277. The van der Waals surface area contributed by atoms with Crippen LogP contribution in [-0.2, 0) is 9.36 Å². The van der Waals surface area contributed by atoms with Crippen LogP contribution >= 0.6 is 20.2 Å². The Kier molecular flexibility index (Phi) is 6.46. The van der Waals surface area contributed by atoms with E-state index in [0.717, 1.165) is 30.6 Å². The van der Waals surface area contributed by atoms with Gasteiger partial charge in [0.2, 0.25) is 0 Å². The van der Waals surface area contributed by atoms with Crippen LogP contribution in [0.5, 0.6) is 0 Å². The van der Waals surface area contributed by atoms with Crippen molar-refractivity contribution in [3.05, 3.63) is 30.3 Å². The summed E-state index contributed by atoms with van der Waals surface area (Å²) in [6.07, 6.45) is 5.65. The average molecular weight is 338 g/mol. The minimum Gasteiger partial charge on any atom is -0.480 e. The fraction of sp³-hybridized carbons (Fsp3) is 0.588. The zero-order valence-corrected chi connectivity index (χ0v) is 14.6. The molecule has 0 aromatic heterocycles. The molecule has 0 saturated heterocycles. The Morgan fingerprint density at radius 1 is 1.32 bits per heavy atom. The summed E-state index contributed by atoms with van der Waals surface area (Å²) in [4.78, 5) is 12.9. The van der Waals surface area contributed by atoms with E-state index in [1.54, 1.807) is 18.7 Å². The quantitative estimate of drug-likeness (QED) is 0.554. The van der Waals surface area contributed by atoms with Gasteiger partial charge in [0, 0.05) is 10.6 Å². The molecule has 1 aromatic carbocycles. The van der Waals surface area contributed by atoms with Crippen molar-refractivity contribution in [1.82, 2.24) is 0 Å². The summed E-state index contributed by atoms with van der Waals surface area (Å²) in [5.41, 5.74) is 0. The monoisotopic (exact) mass is 338 g/mol. The highest BCUT2D eigenvalue weighted by atomic mass is 32.2. The van der Waals surface area contributed by atoms with Gasteiger partial charge in [0.1, 0.15) is 5.16 Å². The van der Waals surface area contributed by atoms with E-state index >= 15 is 0 Å². The van der Waals surface area contributed by atoms with Crippen molar-refractivity contribution in [3.63, 3.8) is 0 Å². The van der Waals surface area contributed by atoms with Crippen LogP contribution in [0, 0.1) is 11.8 Å². The third kappa shape index (κ3) is 4.11. The van der Waals surface area contributed by atoms with E-state index in [9.17, 15) is 14.5 Å². The van der Waals surface area contributed by atoms with E-state index in [0.29, 0.717) is 11.7 Å². The van der Waals surface area contributed by atoms with Gasteiger partial charge >= 0.3 is 5.97 Å². The van der Waals surface area contributed by atoms with E-state index in [1.165, 1.54) is 6.42 Å². The van der Waals surface area contributed by atoms with Crippen molar-refractivity contribution in [2.24, 2.45) is 11.8 Å². The number of carbonyl (C=O) groups is 1. The summed E-state index contributed by atoms with van der Waals surface area (Å²) >= 11 is 1.68. The largest absolute Gasteiger partial charge is 0.480 e. The van der Waals surface area contributed by atoms with Crippen LogP contribution in [0.4, 0.5) is 0 Å². The van der Waals surface area contributed by atoms with Gasteiger partial charge in [-0.05, 0) is 30.9 Å². The van der Waals surface area contributed by atoms with Crippen LogP contribution in [0.2, 0.25) is 0 Å². The lowest BCUT2D eigenvalue weighted by molar-refractivity contribution is -0.141. The second kappa shape index (κ2) is 8.12. The van der Waals surface area contributed by atoms with Crippen molar-refractivity contribution in [2.45, 2.75) is 49.1 Å². The third-order valence-electron chi connectivity index (χ3n) is 4.74. The summed E-state index contributed by atoms with van der Waals surface area (Å²) in [6, 6.07) is 10.0. The maximum absolute atomic E-state index is 11.7. The predicted molar refractivity (Wildman–Crippen MR) is 90.9 cm³/mol. The maximum Gasteiger partial charge on any atom is 0.321 e. The summed E-state index contributed by atoms with van der Waals surface area (Å²) in [5, 5.41) is 8.42. The third-order valence-corrected chi connectivity index (χ3v) is 6.77. The highest BCUT2D eigenvalue weighted by molar-refractivity contribution is 7.99. The van der Waals surface area contributed by atoms with E-state index < -0.39 is 11.1 Å². The normalized spacial score (nSPS) is 20.4. The molecule has 1 fully saturated rings. The van der Waals surface area contributed by atoms with Gasteiger partial charge in [-0.15, -0.1) is 11.8 Å². The SMILES string of the molecule is CC(P=O)(C(=O)O)C(CSc1ccccc1)C1CCCCC1. The molecule has 120 valence electrons. The number of carboxylic acid groups (broad SMARTS) is 1. The first-order valence-corrected chi connectivity index (χ1v) is 9.63. The van der Waals surface area contributed by atoms with Gasteiger partial charge in [-0.1, -0.05) is 50.3 Å². The van der Waals surface area contributed by atoms with E-state index in [1.807, 2.05) is 30.3 Å². The first-order valence-electron chi connectivity index (χ1n) is 7.83. The van der Waals surface area contributed by atoms with Gasteiger partial charge in [0.15, 0.2) is 8.46 Å². The zero-order valence-electron chi connectivity index (χ0n) is 12.9. The number of hydrogen-bond acceptors (Lipinski definition) is 3. The molecule has 1 aliphatic rings. The van der Waals surface area contributed by atoms with Crippen LogP contribution in [0.1, 0.15) is 39.0 Å². The zero-order chi connectivity index (χ0) is 16.0. The average Bonchev–Trinajstić information content (AvgIpc) is 2.56. The Morgan fingerprint density at radius 3 is 2.50 bits per heavy atom. The molecule has 0 spiro atoms. The Bertz CT molecular complexity index is 502. The maximum atomic E-state index is 11.7. The molecule has 0 heterocycles. The van der Waals surface area contributed by atoms with Crippen molar-refractivity contribution in [2.75, 3.05) is 5.75 Å². The molecule has 1 saturated carbocycles. The van der Waals surface area contributed by atoms with Gasteiger partial charge in [-0.3, -0.25) is 9.36 Å². The molecular weight excluding hydrogens is 315 g/mol. The van der Waals surface area contributed by atoms with Gasteiger partial charge in [0.05, 0.1) is 0 Å². The molecule has 1 aromatic rings. The van der Waals surface area contributed by atoms with Crippen molar-refractivity contribution in [1.29, 1.82) is 0 Å². The summed E-state index contributed by atoms with van der Waals surface area (Å²) < 4.78 is 11.7. The molecule has 1 aliphatic carbocycles. The molecule has 3 nitrogen and oxygen atoms in total. The van der Waals surface area contributed by atoms with E-state index in [-0.39, 0.29) is 14.4 Å². The minimum absolute atomic E-state index is 0.0744. The fourth-order valence-electron chi connectivity index (χ4n) is 3.26. The highest BCUT2D eigenvalue weighted by Gasteiger charge is 2.46. The molecule has 5 heteroatoms. The number of rotatable bonds is 7. The molecule has 2 atom stereocenters. The van der Waals surface area contributed by atoms with E-state index in [2.05, 4.69) is 0 Å². The Morgan fingerprint density at radius 2 is 1.95 bits per heavy atom.